The van der Waals surface area contributed by atoms with E-state index < -0.39 is 17.7 Å². The number of rotatable bonds is 9. The van der Waals surface area contributed by atoms with E-state index in [4.69, 9.17) is 9.47 Å². The average molecular weight is 458 g/mol. The number of benzene rings is 3. The molecule has 0 spiro atoms. The minimum absolute atomic E-state index is 0.115. The molecular formula is C28H27NO5. The van der Waals surface area contributed by atoms with Crippen LogP contribution in [0.5, 0.6) is 11.5 Å². The Bertz CT molecular complexity index is 1200. The summed E-state index contributed by atoms with van der Waals surface area (Å²) < 4.78 is 10.8. The number of Topliss-reactive ketones (excluding diaryl/α,β-unsaturated/α-hetero) is 1. The number of amides is 1. The minimum Gasteiger partial charge on any atom is -0.503 e. The molecule has 1 aliphatic heterocycles. The van der Waals surface area contributed by atoms with Crippen LogP contribution in [0.15, 0.2) is 90.2 Å². The maximum Gasteiger partial charge on any atom is 0.290 e. The summed E-state index contributed by atoms with van der Waals surface area (Å²) in [6.45, 7) is 0.248. The number of carbonyl (C=O) groups is 2. The Kier molecular flexibility index (Phi) is 6.97. The van der Waals surface area contributed by atoms with Gasteiger partial charge in [-0.15, -0.1) is 0 Å². The molecule has 174 valence electrons. The summed E-state index contributed by atoms with van der Waals surface area (Å²) in [6.07, 6.45) is 0.696. The van der Waals surface area contributed by atoms with Crippen molar-refractivity contribution in [3.05, 3.63) is 107 Å². The summed E-state index contributed by atoms with van der Waals surface area (Å²) in [7, 11) is 3.07. The van der Waals surface area contributed by atoms with Crippen molar-refractivity contribution in [1.29, 1.82) is 0 Å². The molecule has 4 rings (SSSR count). The number of hydrogen-bond acceptors (Lipinski definition) is 5. The van der Waals surface area contributed by atoms with E-state index in [2.05, 4.69) is 0 Å². The first-order chi connectivity index (χ1) is 16.5. The molecule has 0 aliphatic carbocycles. The van der Waals surface area contributed by atoms with E-state index >= 15 is 0 Å². The van der Waals surface area contributed by atoms with Crippen LogP contribution in [0, 0.1) is 0 Å². The number of ketones is 1. The summed E-state index contributed by atoms with van der Waals surface area (Å²) in [4.78, 5) is 28.1. The fourth-order valence-electron chi connectivity index (χ4n) is 4.29. The molecule has 0 aromatic heterocycles. The van der Waals surface area contributed by atoms with Crippen molar-refractivity contribution in [3.63, 3.8) is 0 Å². The van der Waals surface area contributed by atoms with Crippen LogP contribution in [0.1, 0.15) is 29.2 Å². The van der Waals surface area contributed by atoms with E-state index in [1.165, 1.54) is 12.0 Å². The van der Waals surface area contributed by atoms with Gasteiger partial charge in [-0.25, -0.2) is 0 Å². The highest BCUT2D eigenvalue weighted by Crippen LogP contribution is 2.42. The molecule has 0 fully saturated rings. The number of aliphatic hydroxyl groups excluding tert-OH is 1. The van der Waals surface area contributed by atoms with Crippen LogP contribution in [0.4, 0.5) is 0 Å². The lowest BCUT2D eigenvalue weighted by molar-refractivity contribution is -0.130. The van der Waals surface area contributed by atoms with Crippen molar-refractivity contribution in [2.75, 3.05) is 14.2 Å². The quantitative estimate of drug-likeness (QED) is 0.500. The van der Waals surface area contributed by atoms with Crippen LogP contribution < -0.4 is 9.47 Å². The third kappa shape index (κ3) is 4.66. The van der Waals surface area contributed by atoms with Crippen LogP contribution in [-0.4, -0.2) is 35.9 Å². The molecule has 1 heterocycles. The van der Waals surface area contributed by atoms with Gasteiger partial charge < -0.3 is 19.5 Å². The maximum atomic E-state index is 13.4. The second kappa shape index (κ2) is 10.3. The van der Waals surface area contributed by atoms with Gasteiger partial charge in [-0.1, -0.05) is 66.7 Å². The normalized spacial score (nSPS) is 15.5. The van der Waals surface area contributed by atoms with Crippen LogP contribution in [0.25, 0.3) is 0 Å². The summed E-state index contributed by atoms with van der Waals surface area (Å²) in [5, 5.41) is 10.8. The molecule has 3 aromatic carbocycles. The Morgan fingerprint density at radius 1 is 0.882 bits per heavy atom. The zero-order valence-corrected chi connectivity index (χ0v) is 19.2. The SMILES string of the molecule is COc1ccc(C2C(C(=O)CCc3ccccc3)=C(O)C(=O)N2Cc2ccccc2)cc1OC. The van der Waals surface area contributed by atoms with Crippen molar-refractivity contribution in [2.24, 2.45) is 0 Å². The van der Waals surface area contributed by atoms with Crippen LogP contribution in [-0.2, 0) is 22.6 Å². The van der Waals surface area contributed by atoms with E-state index in [1.54, 1.807) is 25.3 Å². The largest absolute Gasteiger partial charge is 0.503 e. The van der Waals surface area contributed by atoms with Gasteiger partial charge in [0.15, 0.2) is 23.0 Å². The predicted molar refractivity (Wildman–Crippen MR) is 129 cm³/mol. The Labute approximate surface area is 199 Å². The molecule has 34 heavy (non-hydrogen) atoms. The fraction of sp³-hybridized carbons (Fsp3) is 0.214. The first-order valence-corrected chi connectivity index (χ1v) is 11.1. The summed E-state index contributed by atoms with van der Waals surface area (Å²) in [5.41, 5.74) is 2.69. The third-order valence-corrected chi connectivity index (χ3v) is 6.01. The standard InChI is InChI=1S/C28H27NO5/c1-33-23-16-14-21(17-24(23)34-2)26-25(22(30)15-13-19-9-5-3-6-10-19)27(31)28(32)29(26)18-20-11-7-4-8-12-20/h3-12,14,16-17,26,31H,13,15,18H2,1-2H3. The van der Waals surface area contributed by atoms with Crippen molar-refractivity contribution in [2.45, 2.75) is 25.4 Å². The van der Waals surface area contributed by atoms with E-state index in [0.29, 0.717) is 23.5 Å². The molecule has 1 atom stereocenters. The summed E-state index contributed by atoms with van der Waals surface area (Å²) in [6, 6.07) is 23.7. The number of carbonyl (C=O) groups excluding carboxylic acids is 2. The van der Waals surface area contributed by atoms with E-state index in [0.717, 1.165) is 11.1 Å². The van der Waals surface area contributed by atoms with Crippen molar-refractivity contribution < 1.29 is 24.2 Å². The minimum atomic E-state index is -0.740. The number of nitrogens with zero attached hydrogens (tertiary/aromatic N) is 1. The zero-order valence-electron chi connectivity index (χ0n) is 19.2. The monoisotopic (exact) mass is 457 g/mol. The number of aryl methyl sites for hydroxylation is 1. The highest BCUT2D eigenvalue weighted by Gasteiger charge is 2.43. The lowest BCUT2D eigenvalue weighted by atomic mass is 9.92. The van der Waals surface area contributed by atoms with Gasteiger partial charge in [-0.05, 0) is 35.2 Å². The predicted octanol–water partition coefficient (Wildman–Crippen LogP) is 4.80. The fourth-order valence-corrected chi connectivity index (χ4v) is 4.29. The maximum absolute atomic E-state index is 13.4. The van der Waals surface area contributed by atoms with Crippen molar-refractivity contribution >= 4 is 11.7 Å². The number of aliphatic hydroxyl groups is 1. The van der Waals surface area contributed by atoms with Gasteiger partial charge in [-0.3, -0.25) is 9.59 Å². The first kappa shape index (κ1) is 23.1. The molecule has 1 N–H and O–H groups in total. The molecule has 0 bridgehead atoms. The summed E-state index contributed by atoms with van der Waals surface area (Å²) in [5.74, 6) is -0.296. The first-order valence-electron chi connectivity index (χ1n) is 11.1. The van der Waals surface area contributed by atoms with E-state index in [-0.39, 0.29) is 24.3 Å². The average Bonchev–Trinajstić information content (AvgIpc) is 3.13. The van der Waals surface area contributed by atoms with E-state index in [1.807, 2.05) is 60.7 Å². The molecule has 0 saturated heterocycles. The second-order valence-electron chi connectivity index (χ2n) is 8.11. The Hall–Kier alpha value is -4.06. The number of ether oxygens (including phenoxy) is 2. The third-order valence-electron chi connectivity index (χ3n) is 6.01. The van der Waals surface area contributed by atoms with Crippen molar-refractivity contribution in [3.8, 4) is 11.5 Å². The molecule has 0 radical (unpaired) electrons. The van der Waals surface area contributed by atoms with Crippen LogP contribution in [0.2, 0.25) is 0 Å². The van der Waals surface area contributed by atoms with Crippen molar-refractivity contribution in [1.82, 2.24) is 4.90 Å². The Balaban J connectivity index is 1.71. The van der Waals surface area contributed by atoms with Crippen LogP contribution in [0.3, 0.4) is 0 Å². The number of hydrogen-bond donors (Lipinski definition) is 1. The second-order valence-corrected chi connectivity index (χ2v) is 8.11. The van der Waals surface area contributed by atoms with Gasteiger partial charge in [0.2, 0.25) is 0 Å². The van der Waals surface area contributed by atoms with E-state index in [9.17, 15) is 14.7 Å². The molecule has 3 aromatic rings. The van der Waals surface area contributed by atoms with Gasteiger partial charge >= 0.3 is 0 Å². The van der Waals surface area contributed by atoms with Gasteiger partial charge in [-0.2, -0.15) is 0 Å². The molecule has 0 saturated carbocycles. The molecular weight excluding hydrogens is 430 g/mol. The van der Waals surface area contributed by atoms with Gasteiger partial charge in [0.05, 0.1) is 25.8 Å². The van der Waals surface area contributed by atoms with Gasteiger partial charge in [0.1, 0.15) is 0 Å². The Morgan fingerprint density at radius 3 is 2.12 bits per heavy atom. The smallest absolute Gasteiger partial charge is 0.290 e. The topological polar surface area (TPSA) is 76.1 Å². The molecule has 6 heteroatoms. The summed E-state index contributed by atoms with van der Waals surface area (Å²) >= 11 is 0. The zero-order chi connectivity index (χ0) is 24.1. The molecule has 6 nitrogen and oxygen atoms in total. The van der Waals surface area contributed by atoms with Gasteiger partial charge in [0, 0.05) is 13.0 Å². The molecule has 1 aliphatic rings. The molecule has 1 unspecified atom stereocenters. The highest BCUT2D eigenvalue weighted by atomic mass is 16.5. The lowest BCUT2D eigenvalue weighted by Gasteiger charge is -2.27. The lowest BCUT2D eigenvalue weighted by Crippen LogP contribution is -2.30. The Morgan fingerprint density at radius 2 is 1.50 bits per heavy atom. The highest BCUT2D eigenvalue weighted by molar-refractivity contribution is 6.09. The van der Waals surface area contributed by atoms with Gasteiger partial charge in [0.25, 0.3) is 5.91 Å². The number of methoxy groups -OCH3 is 2. The molecule has 1 amide bonds. The van der Waals surface area contributed by atoms with Crippen LogP contribution >= 0.6 is 0 Å².